The third-order valence-corrected chi connectivity index (χ3v) is 2.73. The summed E-state index contributed by atoms with van der Waals surface area (Å²) in [7, 11) is 0. The number of carbonyl (C=O) groups excluding carboxylic acids is 1. The highest BCUT2D eigenvalue weighted by Gasteiger charge is 2.16. The molecule has 0 aliphatic heterocycles. The maximum atomic E-state index is 11.4. The third-order valence-electron chi connectivity index (χ3n) is 2.73. The van der Waals surface area contributed by atoms with E-state index in [1.807, 2.05) is 13.8 Å². The molecule has 0 fully saturated rings. The molecule has 0 radical (unpaired) electrons. The van der Waals surface area contributed by atoms with E-state index in [0.29, 0.717) is 22.8 Å². The molecular weight excluding hydrogens is 244 g/mol. The number of oxazole rings is 1. The molecule has 0 aliphatic carbocycles. The predicted octanol–water partition coefficient (Wildman–Crippen LogP) is 1.84. The number of nitrogens with two attached hydrogens (primary N) is 2. The summed E-state index contributed by atoms with van der Waals surface area (Å²) in [6, 6.07) is 4.77. The Kier molecular flexibility index (Phi) is 3.41. The highest BCUT2D eigenvalue weighted by molar-refractivity contribution is 6.01. The minimum atomic E-state index is -0.536. The van der Waals surface area contributed by atoms with Gasteiger partial charge in [0.1, 0.15) is 11.8 Å². The third kappa shape index (κ3) is 2.67. The lowest BCUT2D eigenvalue weighted by Gasteiger charge is -2.16. The highest BCUT2D eigenvalue weighted by Crippen LogP contribution is 2.27. The second-order valence-corrected chi connectivity index (χ2v) is 4.31. The molecule has 2 rings (SSSR count). The number of para-hydroxylation sites is 1. The maximum absolute atomic E-state index is 11.4. The first-order valence-electron chi connectivity index (χ1n) is 5.86. The Balaban J connectivity index is 2.30. The van der Waals surface area contributed by atoms with Gasteiger partial charge in [-0.3, -0.25) is 4.79 Å². The van der Waals surface area contributed by atoms with Gasteiger partial charge in [-0.05, 0) is 26.0 Å². The van der Waals surface area contributed by atoms with E-state index in [-0.39, 0.29) is 6.04 Å². The number of amides is 1. The largest absolute Gasteiger partial charge is 0.444 e. The van der Waals surface area contributed by atoms with Crippen molar-refractivity contribution in [3.63, 3.8) is 0 Å². The molecule has 0 saturated heterocycles. The average molecular weight is 260 g/mol. The van der Waals surface area contributed by atoms with Crippen LogP contribution >= 0.6 is 0 Å². The quantitative estimate of drug-likeness (QED) is 0.727. The second kappa shape index (κ2) is 5.01. The Morgan fingerprint density at radius 2 is 2.21 bits per heavy atom. The van der Waals surface area contributed by atoms with Crippen molar-refractivity contribution in [2.75, 3.05) is 11.1 Å². The number of benzene rings is 1. The molecule has 1 aromatic carbocycles. The molecule has 5 N–H and O–H groups in total. The van der Waals surface area contributed by atoms with Gasteiger partial charge in [0.15, 0.2) is 0 Å². The summed E-state index contributed by atoms with van der Waals surface area (Å²) in [5, 5.41) is 3.11. The standard InChI is InChI=1S/C13H16N4O2/c1-7-6-16-13(19-7)8(2)17-11-9(12(15)18)4-3-5-10(11)14/h3-6,8,17H,14H2,1-2H3,(H2,15,18). The smallest absolute Gasteiger partial charge is 0.250 e. The Hall–Kier alpha value is -2.50. The molecule has 1 atom stereocenters. The first kappa shape index (κ1) is 12.9. The van der Waals surface area contributed by atoms with Crippen LogP contribution in [0.4, 0.5) is 11.4 Å². The number of rotatable bonds is 4. The summed E-state index contributed by atoms with van der Waals surface area (Å²) in [6.07, 6.45) is 1.64. The van der Waals surface area contributed by atoms with Gasteiger partial charge in [-0.2, -0.15) is 0 Å². The van der Waals surface area contributed by atoms with Crippen LogP contribution in [0.5, 0.6) is 0 Å². The molecule has 2 aromatic rings. The molecular formula is C13H16N4O2. The van der Waals surface area contributed by atoms with Gasteiger partial charge in [-0.15, -0.1) is 0 Å². The number of anilines is 2. The van der Waals surface area contributed by atoms with E-state index in [4.69, 9.17) is 15.9 Å². The minimum absolute atomic E-state index is 0.225. The molecule has 100 valence electrons. The zero-order valence-corrected chi connectivity index (χ0v) is 10.8. The Bertz CT molecular complexity index is 606. The average Bonchev–Trinajstić information content (AvgIpc) is 2.78. The fraction of sp³-hybridized carbons (Fsp3) is 0.231. The lowest BCUT2D eigenvalue weighted by molar-refractivity contribution is 0.100. The Labute approximate surface area is 110 Å². The van der Waals surface area contributed by atoms with Crippen molar-refractivity contribution in [1.29, 1.82) is 0 Å². The molecule has 0 bridgehead atoms. The summed E-state index contributed by atoms with van der Waals surface area (Å²) < 4.78 is 5.43. The number of nitrogen functional groups attached to an aromatic ring is 1. The number of hydrogen-bond donors (Lipinski definition) is 3. The lowest BCUT2D eigenvalue weighted by Crippen LogP contribution is -2.17. The van der Waals surface area contributed by atoms with Crippen LogP contribution < -0.4 is 16.8 Å². The number of aryl methyl sites for hydroxylation is 1. The van der Waals surface area contributed by atoms with Crippen molar-refractivity contribution < 1.29 is 9.21 Å². The van der Waals surface area contributed by atoms with Crippen molar-refractivity contribution in [1.82, 2.24) is 4.98 Å². The topological polar surface area (TPSA) is 107 Å². The van der Waals surface area contributed by atoms with Crippen molar-refractivity contribution in [2.45, 2.75) is 19.9 Å². The van der Waals surface area contributed by atoms with Crippen LogP contribution in [-0.4, -0.2) is 10.9 Å². The van der Waals surface area contributed by atoms with Crippen molar-refractivity contribution in [2.24, 2.45) is 5.73 Å². The van der Waals surface area contributed by atoms with E-state index >= 15 is 0 Å². The van der Waals surface area contributed by atoms with Crippen molar-refractivity contribution in [3.8, 4) is 0 Å². The number of aromatic nitrogens is 1. The van der Waals surface area contributed by atoms with Crippen LogP contribution in [0.2, 0.25) is 0 Å². The zero-order valence-electron chi connectivity index (χ0n) is 10.8. The molecule has 1 heterocycles. The van der Waals surface area contributed by atoms with Crippen LogP contribution in [0, 0.1) is 6.92 Å². The van der Waals surface area contributed by atoms with Crippen molar-refractivity contribution in [3.05, 3.63) is 41.6 Å². The Morgan fingerprint density at radius 3 is 2.79 bits per heavy atom. The second-order valence-electron chi connectivity index (χ2n) is 4.31. The van der Waals surface area contributed by atoms with Gasteiger partial charge in [-0.1, -0.05) is 6.07 Å². The molecule has 6 heteroatoms. The number of nitrogens with one attached hydrogen (secondary N) is 1. The van der Waals surface area contributed by atoms with Gasteiger partial charge in [0.2, 0.25) is 5.89 Å². The van der Waals surface area contributed by atoms with Gasteiger partial charge in [-0.25, -0.2) is 4.98 Å². The number of nitrogens with zero attached hydrogens (tertiary/aromatic N) is 1. The summed E-state index contributed by atoms with van der Waals surface area (Å²) >= 11 is 0. The summed E-state index contributed by atoms with van der Waals surface area (Å²) in [6.45, 7) is 3.68. The number of primary amides is 1. The number of carbonyl (C=O) groups is 1. The van der Waals surface area contributed by atoms with Gasteiger partial charge < -0.3 is 21.2 Å². The van der Waals surface area contributed by atoms with Crippen LogP contribution in [0.15, 0.2) is 28.8 Å². The molecule has 0 spiro atoms. The fourth-order valence-corrected chi connectivity index (χ4v) is 1.79. The van der Waals surface area contributed by atoms with Crippen molar-refractivity contribution >= 4 is 17.3 Å². The summed E-state index contributed by atoms with van der Waals surface area (Å²) in [4.78, 5) is 15.5. The van der Waals surface area contributed by atoms with E-state index in [1.165, 1.54) is 0 Å². The summed E-state index contributed by atoms with van der Waals surface area (Å²) in [5.41, 5.74) is 12.5. The number of hydrogen-bond acceptors (Lipinski definition) is 5. The molecule has 1 unspecified atom stereocenters. The first-order valence-corrected chi connectivity index (χ1v) is 5.86. The highest BCUT2D eigenvalue weighted by atomic mass is 16.4. The Morgan fingerprint density at radius 1 is 1.47 bits per heavy atom. The maximum Gasteiger partial charge on any atom is 0.250 e. The van der Waals surface area contributed by atoms with Gasteiger partial charge >= 0.3 is 0 Å². The zero-order chi connectivity index (χ0) is 14.0. The molecule has 1 amide bonds. The summed E-state index contributed by atoms with van der Waals surface area (Å²) in [5.74, 6) is 0.710. The minimum Gasteiger partial charge on any atom is -0.444 e. The normalized spacial score (nSPS) is 12.1. The molecule has 6 nitrogen and oxygen atoms in total. The van der Waals surface area contributed by atoms with Crippen LogP contribution in [-0.2, 0) is 0 Å². The van der Waals surface area contributed by atoms with Gasteiger partial charge in [0, 0.05) is 0 Å². The van der Waals surface area contributed by atoms with E-state index in [0.717, 1.165) is 5.76 Å². The van der Waals surface area contributed by atoms with Crippen LogP contribution in [0.3, 0.4) is 0 Å². The van der Waals surface area contributed by atoms with Gasteiger partial charge in [0.25, 0.3) is 5.91 Å². The monoisotopic (exact) mass is 260 g/mol. The van der Waals surface area contributed by atoms with E-state index in [2.05, 4.69) is 10.3 Å². The first-order chi connectivity index (χ1) is 8.99. The fourth-order valence-electron chi connectivity index (χ4n) is 1.79. The SMILES string of the molecule is Cc1cnc(C(C)Nc2c(N)cccc2C(N)=O)o1. The molecule has 19 heavy (non-hydrogen) atoms. The van der Waals surface area contributed by atoms with E-state index < -0.39 is 5.91 Å². The van der Waals surface area contributed by atoms with Gasteiger partial charge in [0.05, 0.1) is 23.1 Å². The molecule has 1 aromatic heterocycles. The van der Waals surface area contributed by atoms with E-state index in [1.54, 1.807) is 24.4 Å². The van der Waals surface area contributed by atoms with E-state index in [9.17, 15) is 4.79 Å². The molecule has 0 aliphatic rings. The van der Waals surface area contributed by atoms with Crippen LogP contribution in [0.25, 0.3) is 0 Å². The molecule has 0 saturated carbocycles. The predicted molar refractivity (Wildman–Crippen MR) is 72.7 cm³/mol. The lowest BCUT2D eigenvalue weighted by atomic mass is 10.1. The van der Waals surface area contributed by atoms with Crippen LogP contribution in [0.1, 0.15) is 35.0 Å².